The van der Waals surface area contributed by atoms with Gasteiger partial charge in [-0.1, -0.05) is 206 Å². The summed E-state index contributed by atoms with van der Waals surface area (Å²) in [5, 5.41) is 27.1. The standard InChI is InChI=1S/C81H89N3O12/c82-58-66-31-46-72(47-32-66)69-40-25-63(26-41-69)37-52-78(87)91-55-19-13-7-1-4-10-16-22-76(85)94-61-75(96-81(90)24-18-12-6-3-9-15-21-57-93-80(89)54-39-65-29-44-71(45-30-65)74-50-35-68(60-84)36-51-74)62-95-77(86)23-17-11-5-2-8-14-20-56-92-79(88)53-38-64-27-42-70(43-28-64)73-48-33-67(59-83)34-49-73/h25-54,75H,1-24,55-57,61-62H2. The molecule has 96 heavy (non-hydrogen) atoms. The first-order chi connectivity index (χ1) is 47.0. The van der Waals surface area contributed by atoms with Crippen LogP contribution in [0.5, 0.6) is 0 Å². The number of hydrogen-bond donors (Lipinski definition) is 0. The van der Waals surface area contributed by atoms with Gasteiger partial charge in [-0.3, -0.25) is 14.4 Å². The van der Waals surface area contributed by atoms with Crippen molar-refractivity contribution < 1.29 is 57.2 Å². The monoisotopic (exact) mass is 1300 g/mol. The van der Waals surface area contributed by atoms with Gasteiger partial charge in [0.05, 0.1) is 54.7 Å². The number of carbonyl (C=O) groups is 6. The molecule has 0 bridgehead atoms. The van der Waals surface area contributed by atoms with Crippen molar-refractivity contribution in [3.8, 4) is 51.6 Å². The molecule has 6 aromatic carbocycles. The van der Waals surface area contributed by atoms with Crippen molar-refractivity contribution in [1.82, 2.24) is 0 Å². The lowest BCUT2D eigenvalue weighted by atomic mass is 10.0. The second-order valence-corrected chi connectivity index (χ2v) is 23.6. The average Bonchev–Trinajstić information content (AvgIpc) is 1.25. The predicted molar refractivity (Wildman–Crippen MR) is 372 cm³/mol. The molecule has 0 fully saturated rings. The molecule has 500 valence electrons. The number of carbonyl (C=O) groups excluding carboxylic acids is 6. The molecule has 0 unspecified atom stereocenters. The molecule has 0 aliphatic heterocycles. The Balaban J connectivity index is 0.796. The van der Waals surface area contributed by atoms with Crippen LogP contribution in [0.3, 0.4) is 0 Å². The summed E-state index contributed by atoms with van der Waals surface area (Å²) in [4.78, 5) is 75.6. The van der Waals surface area contributed by atoms with Crippen LogP contribution in [0.1, 0.15) is 187 Å². The van der Waals surface area contributed by atoms with E-state index in [-0.39, 0.29) is 32.5 Å². The Morgan fingerprint density at radius 1 is 0.292 bits per heavy atom. The fraction of sp³-hybridized carbons (Fsp3) is 0.370. The Morgan fingerprint density at radius 3 is 0.781 bits per heavy atom. The zero-order valence-corrected chi connectivity index (χ0v) is 55.1. The zero-order valence-electron chi connectivity index (χ0n) is 55.1. The quantitative estimate of drug-likeness (QED) is 0.0150. The third kappa shape index (κ3) is 31.2. The fourth-order valence-corrected chi connectivity index (χ4v) is 10.4. The molecule has 0 aromatic heterocycles. The Bertz CT molecular complexity index is 3400. The highest BCUT2D eigenvalue weighted by Crippen LogP contribution is 2.24. The van der Waals surface area contributed by atoms with Crippen molar-refractivity contribution in [1.29, 1.82) is 15.8 Å². The molecule has 0 aliphatic rings. The van der Waals surface area contributed by atoms with Crippen molar-refractivity contribution >= 4 is 54.0 Å². The molecule has 6 rings (SSSR count). The predicted octanol–water partition coefficient (Wildman–Crippen LogP) is 17.7. The Labute approximate surface area is 566 Å². The molecule has 0 atom stereocenters. The Hall–Kier alpha value is -10.2. The molecule has 0 radical (unpaired) electrons. The van der Waals surface area contributed by atoms with Gasteiger partial charge in [0.15, 0.2) is 6.10 Å². The maximum atomic E-state index is 13.0. The van der Waals surface area contributed by atoms with E-state index in [9.17, 15) is 28.8 Å². The molecule has 15 nitrogen and oxygen atoms in total. The van der Waals surface area contributed by atoms with E-state index in [2.05, 4.69) is 18.2 Å². The lowest BCUT2D eigenvalue weighted by Gasteiger charge is -2.18. The minimum absolute atomic E-state index is 0.174. The van der Waals surface area contributed by atoms with Crippen LogP contribution in [0.15, 0.2) is 164 Å². The first-order valence-electron chi connectivity index (χ1n) is 33.8. The van der Waals surface area contributed by atoms with Crippen LogP contribution in [0.4, 0.5) is 0 Å². The number of nitrogens with zero attached hydrogens (tertiary/aromatic N) is 3. The van der Waals surface area contributed by atoms with Gasteiger partial charge in [0.25, 0.3) is 0 Å². The lowest BCUT2D eigenvalue weighted by Crippen LogP contribution is -2.30. The van der Waals surface area contributed by atoms with Crippen LogP contribution in [0.25, 0.3) is 51.6 Å². The van der Waals surface area contributed by atoms with Crippen LogP contribution < -0.4 is 0 Å². The summed E-state index contributed by atoms with van der Waals surface area (Å²) < 4.78 is 33.0. The van der Waals surface area contributed by atoms with Gasteiger partial charge in [0.2, 0.25) is 0 Å². The normalized spacial score (nSPS) is 11.3. The molecular formula is C81H89N3O12. The summed E-state index contributed by atoms with van der Waals surface area (Å²) in [5.74, 6) is -2.46. The van der Waals surface area contributed by atoms with Gasteiger partial charge in [-0.15, -0.1) is 0 Å². The number of benzene rings is 6. The van der Waals surface area contributed by atoms with Gasteiger partial charge in [0.1, 0.15) is 13.2 Å². The molecule has 0 N–H and O–H groups in total. The molecule has 0 heterocycles. The van der Waals surface area contributed by atoms with E-state index in [1.165, 1.54) is 18.2 Å². The largest absolute Gasteiger partial charge is 0.463 e. The number of nitriles is 3. The molecule has 0 spiro atoms. The number of hydrogen-bond acceptors (Lipinski definition) is 15. The van der Waals surface area contributed by atoms with E-state index < -0.39 is 41.9 Å². The summed E-state index contributed by atoms with van der Waals surface area (Å²) in [6.07, 6.45) is 27.1. The molecule has 0 amide bonds. The minimum atomic E-state index is -0.938. The van der Waals surface area contributed by atoms with E-state index in [1.807, 2.05) is 109 Å². The molecule has 15 heteroatoms. The summed E-state index contributed by atoms with van der Waals surface area (Å²) in [6, 6.07) is 51.9. The van der Waals surface area contributed by atoms with Crippen LogP contribution in [0.2, 0.25) is 0 Å². The summed E-state index contributed by atoms with van der Waals surface area (Å²) in [6.45, 7) is 0.564. The van der Waals surface area contributed by atoms with Crippen LogP contribution in [0, 0.1) is 34.0 Å². The van der Waals surface area contributed by atoms with Gasteiger partial charge < -0.3 is 28.4 Å². The van der Waals surface area contributed by atoms with Crippen molar-refractivity contribution in [3.63, 3.8) is 0 Å². The summed E-state index contributed by atoms with van der Waals surface area (Å²) in [5.41, 5.74) is 10.5. The van der Waals surface area contributed by atoms with Gasteiger partial charge in [-0.25, -0.2) is 14.4 Å². The second kappa shape index (κ2) is 45.2. The highest BCUT2D eigenvalue weighted by Gasteiger charge is 2.20. The Morgan fingerprint density at radius 2 is 0.521 bits per heavy atom. The number of esters is 6. The molecule has 0 saturated heterocycles. The maximum absolute atomic E-state index is 13.0. The number of ether oxygens (including phenoxy) is 6. The van der Waals surface area contributed by atoms with Crippen LogP contribution in [-0.4, -0.2) is 75.0 Å². The van der Waals surface area contributed by atoms with Crippen molar-refractivity contribution in [2.24, 2.45) is 0 Å². The summed E-state index contributed by atoms with van der Waals surface area (Å²) in [7, 11) is 0. The zero-order chi connectivity index (χ0) is 68.1. The first-order valence-corrected chi connectivity index (χ1v) is 33.8. The maximum Gasteiger partial charge on any atom is 0.330 e. The average molecular weight is 1300 g/mol. The molecule has 0 saturated carbocycles. The topological polar surface area (TPSA) is 229 Å². The van der Waals surface area contributed by atoms with E-state index in [1.54, 1.807) is 54.6 Å². The summed E-state index contributed by atoms with van der Waals surface area (Å²) >= 11 is 0. The molecule has 6 aromatic rings. The number of unbranched alkanes of at least 4 members (excludes halogenated alkanes) is 18. The van der Waals surface area contributed by atoms with E-state index >= 15 is 0 Å². The minimum Gasteiger partial charge on any atom is -0.463 e. The van der Waals surface area contributed by atoms with Crippen LogP contribution in [-0.2, 0) is 57.2 Å². The van der Waals surface area contributed by atoms with Crippen molar-refractivity contribution in [2.75, 3.05) is 33.0 Å². The van der Waals surface area contributed by atoms with E-state index in [0.29, 0.717) is 55.8 Å². The van der Waals surface area contributed by atoms with Crippen molar-refractivity contribution in [2.45, 2.75) is 160 Å². The van der Waals surface area contributed by atoms with Crippen molar-refractivity contribution in [3.05, 3.63) is 197 Å². The SMILES string of the molecule is N#Cc1ccc(-c2ccc(C=CC(=O)OCCCCCCCCCC(=O)OCC(COC(=O)CCCCCCCCCOC(=O)C=Cc3ccc(-c4ccc(C#N)cc4)cc3)OC(=O)CCCCCCCCCOC(=O)C=Cc3ccc(-c4ccc(C#N)cc4)cc3)cc2)cc1. The highest BCUT2D eigenvalue weighted by molar-refractivity contribution is 5.88. The van der Waals surface area contributed by atoms with Gasteiger partial charge >= 0.3 is 35.8 Å². The molecular weight excluding hydrogens is 1210 g/mol. The first kappa shape index (κ1) is 74.9. The third-order valence-corrected chi connectivity index (χ3v) is 16.0. The van der Waals surface area contributed by atoms with Gasteiger partial charge in [-0.05, 0) is 143 Å². The number of rotatable bonds is 44. The van der Waals surface area contributed by atoms with E-state index in [0.717, 1.165) is 166 Å². The lowest BCUT2D eigenvalue weighted by molar-refractivity contribution is -0.167. The highest BCUT2D eigenvalue weighted by atomic mass is 16.6. The second-order valence-electron chi connectivity index (χ2n) is 23.6. The van der Waals surface area contributed by atoms with Gasteiger partial charge in [-0.2, -0.15) is 15.8 Å². The fourth-order valence-electron chi connectivity index (χ4n) is 10.4. The smallest absolute Gasteiger partial charge is 0.330 e. The van der Waals surface area contributed by atoms with E-state index in [4.69, 9.17) is 44.2 Å². The Kier molecular flexibility index (Phi) is 35.3. The third-order valence-electron chi connectivity index (χ3n) is 16.0. The van der Waals surface area contributed by atoms with Gasteiger partial charge in [0, 0.05) is 37.5 Å². The molecule has 0 aliphatic carbocycles. The van der Waals surface area contributed by atoms with Crippen LogP contribution >= 0.6 is 0 Å².